The SMILES string of the molecule is CN(C(=O)CCCO)c1ccc2c(c1)CCCS2. The summed E-state index contributed by atoms with van der Waals surface area (Å²) in [5.41, 5.74) is 2.31. The van der Waals surface area contributed by atoms with Crippen LogP contribution in [0.3, 0.4) is 0 Å². The van der Waals surface area contributed by atoms with Crippen LogP contribution in [0.2, 0.25) is 0 Å². The van der Waals surface area contributed by atoms with Crippen molar-refractivity contribution in [3.8, 4) is 0 Å². The first-order valence-corrected chi connectivity index (χ1v) is 7.34. The van der Waals surface area contributed by atoms with Crippen LogP contribution < -0.4 is 4.90 Å². The quantitative estimate of drug-likeness (QED) is 0.909. The summed E-state index contributed by atoms with van der Waals surface area (Å²) in [6.45, 7) is 0.0698. The van der Waals surface area contributed by atoms with Gasteiger partial charge in [-0.1, -0.05) is 0 Å². The minimum atomic E-state index is 0.0625. The van der Waals surface area contributed by atoms with E-state index in [-0.39, 0.29) is 12.5 Å². The Morgan fingerprint density at radius 2 is 2.33 bits per heavy atom. The van der Waals surface area contributed by atoms with Crippen LogP contribution in [0.25, 0.3) is 0 Å². The molecule has 0 saturated carbocycles. The Morgan fingerprint density at radius 1 is 1.50 bits per heavy atom. The molecule has 0 unspecified atom stereocenters. The largest absolute Gasteiger partial charge is 0.396 e. The third-order valence-electron chi connectivity index (χ3n) is 3.20. The normalized spacial score (nSPS) is 14.1. The van der Waals surface area contributed by atoms with Crippen LogP contribution in [0.15, 0.2) is 23.1 Å². The molecule has 0 aromatic heterocycles. The number of aliphatic hydroxyl groups excluding tert-OH is 1. The van der Waals surface area contributed by atoms with Crippen LogP contribution in [0.5, 0.6) is 0 Å². The number of amides is 1. The second-order valence-corrected chi connectivity index (χ2v) is 5.66. The second kappa shape index (κ2) is 6.25. The lowest BCUT2D eigenvalue weighted by Crippen LogP contribution is -2.26. The fourth-order valence-electron chi connectivity index (χ4n) is 2.10. The van der Waals surface area contributed by atoms with Gasteiger partial charge in [0.15, 0.2) is 0 Å². The van der Waals surface area contributed by atoms with Gasteiger partial charge in [-0.25, -0.2) is 0 Å². The first-order valence-electron chi connectivity index (χ1n) is 6.35. The first kappa shape index (κ1) is 13.4. The molecule has 1 amide bonds. The first-order chi connectivity index (χ1) is 8.72. The molecule has 1 heterocycles. The average molecular weight is 265 g/mol. The van der Waals surface area contributed by atoms with Gasteiger partial charge in [-0.3, -0.25) is 4.79 Å². The van der Waals surface area contributed by atoms with Crippen LogP contribution in [0, 0.1) is 0 Å². The zero-order valence-electron chi connectivity index (χ0n) is 10.7. The number of nitrogens with zero attached hydrogens (tertiary/aromatic N) is 1. The standard InChI is InChI=1S/C14H19NO2S/c1-15(14(17)5-2-8-16)12-6-7-13-11(10-12)4-3-9-18-13/h6-7,10,16H,2-5,8-9H2,1H3. The molecule has 1 N–H and O–H groups in total. The highest BCUT2D eigenvalue weighted by atomic mass is 32.2. The third-order valence-corrected chi connectivity index (χ3v) is 4.40. The van der Waals surface area contributed by atoms with Crippen molar-refractivity contribution in [2.75, 3.05) is 24.3 Å². The molecule has 0 bridgehead atoms. The summed E-state index contributed by atoms with van der Waals surface area (Å²) in [5.74, 6) is 1.25. The highest BCUT2D eigenvalue weighted by molar-refractivity contribution is 7.99. The van der Waals surface area contributed by atoms with Crippen molar-refractivity contribution >= 4 is 23.4 Å². The number of benzene rings is 1. The van der Waals surface area contributed by atoms with E-state index in [1.165, 1.54) is 22.6 Å². The molecular weight excluding hydrogens is 246 g/mol. The lowest BCUT2D eigenvalue weighted by atomic mass is 10.1. The van der Waals surface area contributed by atoms with Gasteiger partial charge in [-0.15, -0.1) is 11.8 Å². The van der Waals surface area contributed by atoms with Crippen molar-refractivity contribution in [2.24, 2.45) is 0 Å². The molecule has 3 nitrogen and oxygen atoms in total. The van der Waals surface area contributed by atoms with Gasteiger partial charge in [-0.2, -0.15) is 0 Å². The zero-order valence-corrected chi connectivity index (χ0v) is 11.5. The van der Waals surface area contributed by atoms with E-state index in [0.717, 1.165) is 12.1 Å². The van der Waals surface area contributed by atoms with E-state index in [4.69, 9.17) is 5.11 Å². The number of anilines is 1. The Balaban J connectivity index is 2.10. The van der Waals surface area contributed by atoms with Gasteiger partial charge in [0.25, 0.3) is 0 Å². The summed E-state index contributed by atoms with van der Waals surface area (Å²) in [7, 11) is 1.80. The van der Waals surface area contributed by atoms with E-state index in [0.29, 0.717) is 12.8 Å². The molecule has 1 aromatic rings. The van der Waals surface area contributed by atoms with Crippen LogP contribution in [0.1, 0.15) is 24.8 Å². The number of carbonyl (C=O) groups excluding carboxylic acids is 1. The van der Waals surface area contributed by atoms with E-state index in [2.05, 4.69) is 12.1 Å². The summed E-state index contributed by atoms with van der Waals surface area (Å²) in [6.07, 6.45) is 3.25. The van der Waals surface area contributed by atoms with Crippen LogP contribution in [0.4, 0.5) is 5.69 Å². The maximum absolute atomic E-state index is 11.9. The Bertz CT molecular complexity index is 434. The van der Waals surface area contributed by atoms with Gasteiger partial charge < -0.3 is 10.0 Å². The van der Waals surface area contributed by atoms with Crippen LogP contribution >= 0.6 is 11.8 Å². The van der Waals surface area contributed by atoms with Crippen molar-refractivity contribution < 1.29 is 9.90 Å². The molecular formula is C14H19NO2S. The molecule has 4 heteroatoms. The van der Waals surface area contributed by atoms with E-state index in [1.807, 2.05) is 17.8 Å². The average Bonchev–Trinajstić information content (AvgIpc) is 2.43. The summed E-state index contributed by atoms with van der Waals surface area (Å²) >= 11 is 1.89. The second-order valence-electron chi connectivity index (χ2n) is 4.52. The summed E-state index contributed by atoms with van der Waals surface area (Å²) < 4.78 is 0. The molecule has 2 rings (SSSR count). The number of thioether (sulfide) groups is 1. The number of aryl methyl sites for hydroxylation is 1. The highest BCUT2D eigenvalue weighted by Crippen LogP contribution is 2.32. The van der Waals surface area contributed by atoms with Gasteiger partial charge in [-0.05, 0) is 48.8 Å². The van der Waals surface area contributed by atoms with E-state index >= 15 is 0 Å². The topological polar surface area (TPSA) is 40.5 Å². The van der Waals surface area contributed by atoms with Gasteiger partial charge in [0, 0.05) is 30.7 Å². The Labute approximate surface area is 112 Å². The number of hydrogen-bond acceptors (Lipinski definition) is 3. The van der Waals surface area contributed by atoms with E-state index in [9.17, 15) is 4.79 Å². The minimum Gasteiger partial charge on any atom is -0.396 e. The molecule has 0 radical (unpaired) electrons. The maximum Gasteiger partial charge on any atom is 0.226 e. The predicted molar refractivity (Wildman–Crippen MR) is 75.2 cm³/mol. The Morgan fingerprint density at radius 3 is 3.11 bits per heavy atom. The molecule has 1 aromatic carbocycles. The van der Waals surface area contributed by atoms with Gasteiger partial charge in [0.05, 0.1) is 0 Å². The van der Waals surface area contributed by atoms with E-state index < -0.39 is 0 Å². The molecule has 98 valence electrons. The van der Waals surface area contributed by atoms with Crippen molar-refractivity contribution in [2.45, 2.75) is 30.6 Å². The number of fused-ring (bicyclic) bond motifs is 1. The Hall–Kier alpha value is -1.00. The van der Waals surface area contributed by atoms with Crippen molar-refractivity contribution in [3.63, 3.8) is 0 Å². The fourth-order valence-corrected chi connectivity index (χ4v) is 3.12. The Kier molecular flexibility index (Phi) is 4.66. The molecule has 0 fully saturated rings. The number of hydrogen-bond donors (Lipinski definition) is 1. The van der Waals surface area contributed by atoms with Crippen molar-refractivity contribution in [3.05, 3.63) is 23.8 Å². The summed E-state index contributed by atoms with van der Waals surface area (Å²) in [4.78, 5) is 14.9. The smallest absolute Gasteiger partial charge is 0.226 e. The number of aliphatic hydroxyl groups is 1. The molecule has 0 saturated heterocycles. The lowest BCUT2D eigenvalue weighted by Gasteiger charge is -2.21. The van der Waals surface area contributed by atoms with Crippen LogP contribution in [-0.4, -0.2) is 30.4 Å². The highest BCUT2D eigenvalue weighted by Gasteiger charge is 2.14. The van der Waals surface area contributed by atoms with Gasteiger partial charge in [0.2, 0.25) is 5.91 Å². The summed E-state index contributed by atoms with van der Waals surface area (Å²) in [5, 5.41) is 8.75. The van der Waals surface area contributed by atoms with Crippen LogP contribution in [-0.2, 0) is 11.2 Å². The fraction of sp³-hybridized carbons (Fsp3) is 0.500. The van der Waals surface area contributed by atoms with Crippen molar-refractivity contribution in [1.29, 1.82) is 0 Å². The molecule has 0 aliphatic carbocycles. The number of carbonyl (C=O) groups is 1. The third kappa shape index (κ3) is 3.06. The zero-order chi connectivity index (χ0) is 13.0. The molecule has 1 aliphatic heterocycles. The predicted octanol–water partition coefficient (Wildman–Crippen LogP) is 2.46. The minimum absolute atomic E-state index is 0.0625. The number of rotatable bonds is 4. The molecule has 0 spiro atoms. The summed E-state index contributed by atoms with van der Waals surface area (Å²) in [6, 6.07) is 6.25. The molecule has 0 atom stereocenters. The molecule has 18 heavy (non-hydrogen) atoms. The van der Waals surface area contributed by atoms with Gasteiger partial charge >= 0.3 is 0 Å². The van der Waals surface area contributed by atoms with E-state index in [1.54, 1.807) is 11.9 Å². The lowest BCUT2D eigenvalue weighted by molar-refractivity contribution is -0.118. The van der Waals surface area contributed by atoms with Crippen molar-refractivity contribution in [1.82, 2.24) is 0 Å². The van der Waals surface area contributed by atoms with Gasteiger partial charge in [0.1, 0.15) is 0 Å². The molecule has 1 aliphatic rings. The maximum atomic E-state index is 11.9. The monoisotopic (exact) mass is 265 g/mol.